The summed E-state index contributed by atoms with van der Waals surface area (Å²) in [5.74, 6) is -2.70. The summed E-state index contributed by atoms with van der Waals surface area (Å²) in [5, 5.41) is 17.5. The van der Waals surface area contributed by atoms with Gasteiger partial charge < -0.3 is 23.9 Å². The number of imide groups is 1. The number of imidazole rings is 1. The van der Waals surface area contributed by atoms with Gasteiger partial charge in [0.25, 0.3) is 5.91 Å². The summed E-state index contributed by atoms with van der Waals surface area (Å²) in [6.07, 6.45) is 3.19. The number of rotatable bonds is 9. The number of anilines is 1. The predicted molar refractivity (Wildman–Crippen MR) is 129 cm³/mol. The smallest absolute Gasteiger partial charge is 0.433 e. The van der Waals surface area contributed by atoms with Crippen molar-refractivity contribution in [1.29, 1.82) is 0 Å². The van der Waals surface area contributed by atoms with Crippen LogP contribution in [0.4, 0.5) is 9.93 Å². The summed E-state index contributed by atoms with van der Waals surface area (Å²) in [6.45, 7) is -0.564. The number of ether oxygens (including phenoxy) is 2. The molecule has 38 heavy (non-hydrogen) atoms. The first-order valence-corrected chi connectivity index (χ1v) is 12.4. The number of carbonyl (C=O) groups excluding carboxylic acids is 4. The molecule has 2 aromatic heterocycles. The summed E-state index contributed by atoms with van der Waals surface area (Å²) in [7, 11) is 1.72. The largest absolute Gasteiger partial charge is 0.543 e. The maximum atomic E-state index is 13.8. The number of allylic oxidation sites excluding steroid dienone is 1. The van der Waals surface area contributed by atoms with Gasteiger partial charge in [0.15, 0.2) is 11.2 Å². The van der Waals surface area contributed by atoms with Crippen LogP contribution in [0.1, 0.15) is 21.7 Å². The molecule has 0 radical (unpaired) electrons. The van der Waals surface area contributed by atoms with Crippen LogP contribution in [0.15, 0.2) is 59.9 Å². The van der Waals surface area contributed by atoms with E-state index in [4.69, 9.17) is 9.47 Å². The Labute approximate surface area is 219 Å². The van der Waals surface area contributed by atoms with Crippen LogP contribution in [0, 0.1) is 0 Å². The zero-order valence-electron chi connectivity index (χ0n) is 20.1. The molecular weight excluding hydrogens is 516 g/mol. The number of aromatic carboxylic acids is 1. The van der Waals surface area contributed by atoms with Crippen LogP contribution in [0.3, 0.4) is 0 Å². The van der Waals surface area contributed by atoms with Crippen molar-refractivity contribution in [3.8, 4) is 0 Å². The van der Waals surface area contributed by atoms with Crippen LogP contribution >= 0.6 is 11.3 Å². The van der Waals surface area contributed by atoms with E-state index in [0.29, 0.717) is 5.69 Å². The Morgan fingerprint density at radius 2 is 2.05 bits per heavy atom. The third-order valence-corrected chi connectivity index (χ3v) is 7.09. The highest BCUT2D eigenvalue weighted by atomic mass is 32.1. The van der Waals surface area contributed by atoms with Gasteiger partial charge in [-0.3, -0.25) is 15.4 Å². The first-order valence-electron chi connectivity index (χ1n) is 11.5. The Hall–Kier alpha value is -4.56. The maximum absolute atomic E-state index is 13.8. The molecule has 14 heteroatoms. The Kier molecular flexibility index (Phi) is 6.65. The Bertz CT molecular complexity index is 1430. The molecule has 0 saturated carbocycles. The fourth-order valence-corrected chi connectivity index (χ4v) is 5.16. The van der Waals surface area contributed by atoms with E-state index in [1.165, 1.54) is 17.9 Å². The summed E-state index contributed by atoms with van der Waals surface area (Å²) in [4.78, 5) is 60.1. The highest BCUT2D eigenvalue weighted by Crippen LogP contribution is 2.37. The number of quaternary nitrogens is 1. The number of carboxylic acid groups (broad SMARTS) is 1. The van der Waals surface area contributed by atoms with Gasteiger partial charge in [0.05, 0.1) is 24.4 Å². The second-order valence-corrected chi connectivity index (χ2v) is 9.46. The van der Waals surface area contributed by atoms with Crippen LogP contribution in [0.25, 0.3) is 0 Å². The lowest BCUT2D eigenvalue weighted by Gasteiger charge is -2.33. The van der Waals surface area contributed by atoms with Gasteiger partial charge in [0, 0.05) is 30.7 Å². The molecule has 4 heterocycles. The Morgan fingerprint density at radius 1 is 1.26 bits per heavy atom. The highest BCUT2D eigenvalue weighted by Gasteiger charge is 2.65. The SMILES string of the molecule is Cn1cncc1C[C@@H](C(=O)Nc1nc(C(=O)[O-])cs1)[N+]1(C2=C(Cc3ccccc3)OCO2)C(=O)CNC1=O. The molecule has 2 N–H and O–H groups in total. The van der Waals surface area contributed by atoms with Crippen molar-refractivity contribution in [1.82, 2.24) is 19.9 Å². The van der Waals surface area contributed by atoms with Gasteiger partial charge in [-0.2, -0.15) is 0 Å². The monoisotopic (exact) mass is 538 g/mol. The summed E-state index contributed by atoms with van der Waals surface area (Å²) in [6, 6.07) is 7.14. The van der Waals surface area contributed by atoms with Gasteiger partial charge in [0.2, 0.25) is 12.6 Å². The summed E-state index contributed by atoms with van der Waals surface area (Å²) >= 11 is 0.871. The number of hydrogen-bond donors (Lipinski definition) is 2. The number of nitrogens with one attached hydrogen (secondary N) is 2. The fourth-order valence-electron chi connectivity index (χ4n) is 4.48. The van der Waals surface area contributed by atoms with E-state index in [0.717, 1.165) is 16.9 Å². The van der Waals surface area contributed by atoms with Crippen molar-refractivity contribution in [3.05, 3.63) is 76.8 Å². The van der Waals surface area contributed by atoms with Crippen molar-refractivity contribution in [2.24, 2.45) is 7.05 Å². The standard InChI is InChI=1S/C24H22N6O7S/c1-29-12-25-9-15(29)8-17(20(32)28-23-27-16(11-38-23)22(33)34)30(19(31)10-26-24(30)35)21-18(36-13-37-21)7-14-5-3-2-4-6-14/h2-6,9,11-12,17H,7-8,10,13H2,1H3,(H2-,26,27,28,32,33,34,35)/t17-,30?/m0/s1. The molecule has 0 spiro atoms. The number of aryl methyl sites for hydroxylation is 1. The number of carboxylic acids is 1. The third kappa shape index (κ3) is 4.39. The van der Waals surface area contributed by atoms with Gasteiger partial charge >= 0.3 is 17.8 Å². The number of amides is 4. The second-order valence-electron chi connectivity index (χ2n) is 8.60. The van der Waals surface area contributed by atoms with Crippen LogP contribution in [0.5, 0.6) is 0 Å². The topological polar surface area (TPSA) is 165 Å². The van der Waals surface area contributed by atoms with Gasteiger partial charge in [-0.05, 0) is 5.56 Å². The molecular formula is C24H22N6O7S. The number of carbonyl (C=O) groups is 4. The van der Waals surface area contributed by atoms with Gasteiger partial charge in [-0.25, -0.2) is 19.6 Å². The van der Waals surface area contributed by atoms with Gasteiger partial charge in [0.1, 0.15) is 6.54 Å². The van der Waals surface area contributed by atoms with Crippen molar-refractivity contribution in [3.63, 3.8) is 0 Å². The van der Waals surface area contributed by atoms with E-state index < -0.39 is 34.3 Å². The van der Waals surface area contributed by atoms with E-state index in [1.54, 1.807) is 11.6 Å². The van der Waals surface area contributed by atoms with Crippen molar-refractivity contribution < 1.29 is 38.2 Å². The molecule has 13 nitrogen and oxygen atoms in total. The van der Waals surface area contributed by atoms with Crippen LogP contribution in [0.2, 0.25) is 0 Å². The normalized spacial score (nSPS) is 19.6. The quantitative estimate of drug-likeness (QED) is 0.287. The molecule has 4 amide bonds. The molecule has 1 fully saturated rings. The maximum Gasteiger partial charge on any atom is 0.433 e. The number of nitrogens with zero attached hydrogens (tertiary/aromatic N) is 4. The molecule has 1 aromatic carbocycles. The van der Waals surface area contributed by atoms with E-state index in [-0.39, 0.29) is 48.6 Å². The predicted octanol–water partition coefficient (Wildman–Crippen LogP) is 0.273. The first kappa shape index (κ1) is 25.1. The second kappa shape index (κ2) is 10.1. The average Bonchev–Trinajstić information content (AvgIpc) is 3.69. The molecule has 0 bridgehead atoms. The molecule has 1 saturated heterocycles. The van der Waals surface area contributed by atoms with Crippen LogP contribution < -0.4 is 15.7 Å². The zero-order valence-corrected chi connectivity index (χ0v) is 20.9. The van der Waals surface area contributed by atoms with Gasteiger partial charge in [-0.15, -0.1) is 11.3 Å². The minimum atomic E-state index is -1.50. The number of thiazole rings is 1. The van der Waals surface area contributed by atoms with Crippen molar-refractivity contribution in [2.45, 2.75) is 18.9 Å². The van der Waals surface area contributed by atoms with Crippen molar-refractivity contribution >= 4 is 40.3 Å². The van der Waals surface area contributed by atoms with E-state index in [1.807, 2.05) is 30.3 Å². The lowest BCUT2D eigenvalue weighted by molar-refractivity contribution is -0.763. The van der Waals surface area contributed by atoms with Crippen molar-refractivity contribution in [2.75, 3.05) is 18.7 Å². The molecule has 2 atom stereocenters. The highest BCUT2D eigenvalue weighted by molar-refractivity contribution is 7.14. The average molecular weight is 539 g/mol. The molecule has 0 aliphatic carbocycles. The summed E-state index contributed by atoms with van der Waals surface area (Å²) < 4.78 is 12.1. The van der Waals surface area contributed by atoms with E-state index in [2.05, 4.69) is 20.6 Å². The molecule has 3 aromatic rings. The minimum absolute atomic E-state index is 0.0310. The molecule has 5 rings (SSSR count). The number of urea groups is 1. The Balaban J connectivity index is 1.61. The Morgan fingerprint density at radius 3 is 2.68 bits per heavy atom. The molecule has 2 aliphatic heterocycles. The molecule has 2 aliphatic rings. The molecule has 196 valence electrons. The van der Waals surface area contributed by atoms with Crippen LogP contribution in [-0.2, 0) is 39.0 Å². The third-order valence-electron chi connectivity index (χ3n) is 6.33. The van der Waals surface area contributed by atoms with Crippen LogP contribution in [-0.4, -0.2) is 62.2 Å². The zero-order chi connectivity index (χ0) is 26.9. The fraction of sp³-hybridized carbons (Fsp3) is 0.250. The number of aromatic nitrogens is 3. The molecule has 1 unspecified atom stereocenters. The van der Waals surface area contributed by atoms with E-state index >= 15 is 0 Å². The minimum Gasteiger partial charge on any atom is -0.543 e. The summed E-state index contributed by atoms with van der Waals surface area (Å²) in [5.41, 5.74) is 1.06. The lowest BCUT2D eigenvalue weighted by atomic mass is 10.0. The number of hydrogen-bond acceptors (Lipinski definition) is 10. The van der Waals surface area contributed by atoms with E-state index in [9.17, 15) is 24.3 Å². The first-order chi connectivity index (χ1) is 18.3. The number of benzene rings is 1. The lowest BCUT2D eigenvalue weighted by Crippen LogP contribution is -2.64. The van der Waals surface area contributed by atoms with Gasteiger partial charge in [-0.1, -0.05) is 34.8 Å².